The molecule has 0 aliphatic carbocycles. The minimum Gasteiger partial charge on any atom is -0.870 e. The van der Waals surface area contributed by atoms with Crippen LogP contribution in [0.1, 0.15) is 0 Å². The Balaban J connectivity index is -0.0000000267. The molecule has 8 heteroatoms. The second-order valence-electron chi connectivity index (χ2n) is 0.469. The van der Waals surface area contributed by atoms with Gasteiger partial charge in [-0.15, -0.1) is 0 Å². The van der Waals surface area contributed by atoms with E-state index in [2.05, 4.69) is 0 Å². The standard InChI is InChI=1S/Fe.K.H3O4P.H2O/c;;1-5(2,3)4;/h;;(H3,1,2,3,4);1H2/q+2;+1;;/p-3. The van der Waals surface area contributed by atoms with Crippen molar-refractivity contribution in [3.8, 4) is 0 Å². The zero-order chi connectivity index (χ0) is 4.50. The molecule has 0 saturated carbocycles. The first-order valence-electron chi connectivity index (χ1n) is 0.748. The Morgan fingerprint density at radius 3 is 1.38 bits per heavy atom. The molecular formula is H2FeKO5P. The molecule has 0 fully saturated rings. The molecule has 0 aromatic rings. The van der Waals surface area contributed by atoms with E-state index in [0.717, 1.165) is 0 Å². The van der Waals surface area contributed by atoms with E-state index in [1.54, 1.807) is 0 Å². The van der Waals surface area contributed by atoms with Crippen LogP contribution < -0.4 is 61.2 Å². The number of hydrogen-bond donors (Lipinski definition) is 1. The molecule has 0 spiro atoms. The van der Waals surface area contributed by atoms with Crippen molar-refractivity contribution in [1.82, 2.24) is 0 Å². The van der Waals surface area contributed by atoms with Gasteiger partial charge in [-0.3, -0.25) is 0 Å². The van der Waals surface area contributed by atoms with Gasteiger partial charge in [-0.25, -0.2) is 0 Å². The molecule has 0 aromatic heterocycles. The third-order valence-corrected chi connectivity index (χ3v) is 0. The Morgan fingerprint density at radius 2 is 1.38 bits per heavy atom. The predicted octanol–water partition coefficient (Wildman–Crippen LogP) is -5.37. The molecule has 0 unspecified atom stereocenters. The Labute approximate surface area is 99.3 Å². The van der Waals surface area contributed by atoms with Crippen molar-refractivity contribution in [2.45, 2.75) is 0 Å². The molecule has 0 amide bonds. The minimum atomic E-state index is -5.14. The van der Waals surface area contributed by atoms with Crippen LogP contribution in [0.4, 0.5) is 0 Å². The first-order valence-corrected chi connectivity index (χ1v) is 2.24. The van der Waals surface area contributed by atoms with E-state index in [4.69, 9.17) is 19.2 Å². The van der Waals surface area contributed by atoms with E-state index >= 15 is 0 Å². The smallest absolute Gasteiger partial charge is 0.870 e. The Bertz CT molecular complexity index is 58.6. The molecule has 2 N–H and O–H groups in total. The first kappa shape index (κ1) is 22.5. The Morgan fingerprint density at radius 1 is 1.38 bits per heavy atom. The van der Waals surface area contributed by atoms with E-state index < -0.39 is 7.82 Å². The summed E-state index contributed by atoms with van der Waals surface area (Å²) in [6.45, 7) is 0. The van der Waals surface area contributed by atoms with Crippen LogP contribution in [0, 0.1) is 0 Å². The maximum absolute atomic E-state index is 8.66. The van der Waals surface area contributed by atoms with Crippen molar-refractivity contribution >= 4 is 7.82 Å². The van der Waals surface area contributed by atoms with Crippen molar-refractivity contribution in [2.75, 3.05) is 0 Å². The average Bonchev–Trinajstić information content (AvgIpc) is 0.722. The SMILES string of the molecule is O=P([O-])([O-])O.[Fe+2].[K+].[OH-]. The summed E-state index contributed by atoms with van der Waals surface area (Å²) in [4.78, 5) is 24.3. The van der Waals surface area contributed by atoms with Gasteiger partial charge in [0.15, 0.2) is 0 Å². The van der Waals surface area contributed by atoms with Crippen LogP contribution in [0.3, 0.4) is 0 Å². The molecule has 0 heterocycles. The van der Waals surface area contributed by atoms with Gasteiger partial charge >= 0.3 is 68.5 Å². The average molecular weight is 208 g/mol. The van der Waals surface area contributed by atoms with E-state index in [9.17, 15) is 0 Å². The van der Waals surface area contributed by atoms with Crippen LogP contribution in [0.15, 0.2) is 0 Å². The summed E-state index contributed by atoms with van der Waals surface area (Å²) < 4.78 is 8.66. The molecule has 8 heavy (non-hydrogen) atoms. The Kier molecular flexibility index (Phi) is 25.9. The zero-order valence-electron chi connectivity index (χ0n) is 3.92. The van der Waals surface area contributed by atoms with Gasteiger partial charge in [-0.2, -0.15) is 0 Å². The van der Waals surface area contributed by atoms with Gasteiger partial charge in [0.05, 0.1) is 7.82 Å². The van der Waals surface area contributed by atoms with E-state index in [1.165, 1.54) is 0 Å². The monoisotopic (exact) mass is 208 g/mol. The normalized spacial score (nSPS) is 7.38. The fourth-order valence-corrected chi connectivity index (χ4v) is 0. The summed E-state index contributed by atoms with van der Waals surface area (Å²) in [6, 6.07) is 0. The van der Waals surface area contributed by atoms with Gasteiger partial charge in [-0.1, -0.05) is 0 Å². The minimum absolute atomic E-state index is 0. The maximum Gasteiger partial charge on any atom is 2.00 e. The molecule has 0 aliphatic heterocycles. The van der Waals surface area contributed by atoms with Crippen LogP contribution >= 0.6 is 7.82 Å². The van der Waals surface area contributed by atoms with E-state index in [-0.39, 0.29) is 73.9 Å². The summed E-state index contributed by atoms with van der Waals surface area (Å²) in [5.41, 5.74) is 0. The summed E-state index contributed by atoms with van der Waals surface area (Å²) in [6.07, 6.45) is 0. The van der Waals surface area contributed by atoms with Crippen molar-refractivity contribution in [2.24, 2.45) is 0 Å². The van der Waals surface area contributed by atoms with Crippen LogP contribution in [0.25, 0.3) is 0 Å². The van der Waals surface area contributed by atoms with E-state index in [0.29, 0.717) is 0 Å². The van der Waals surface area contributed by atoms with Gasteiger partial charge in [0, 0.05) is 0 Å². The predicted molar refractivity (Wildman–Crippen MR) is 11.8 cm³/mol. The van der Waals surface area contributed by atoms with Gasteiger partial charge in [0.25, 0.3) is 0 Å². The quantitative estimate of drug-likeness (QED) is 0.315. The second kappa shape index (κ2) is 9.23. The molecule has 0 atom stereocenters. The van der Waals surface area contributed by atoms with Crippen LogP contribution in [-0.4, -0.2) is 10.4 Å². The molecule has 0 radical (unpaired) electrons. The number of rotatable bonds is 0. The molecule has 5 nitrogen and oxygen atoms in total. The number of hydrogen-bond acceptors (Lipinski definition) is 4. The zero-order valence-corrected chi connectivity index (χ0v) is 9.04. The Hall–Kier alpha value is 2.23. The molecule has 0 rings (SSSR count). The summed E-state index contributed by atoms with van der Waals surface area (Å²) in [5.74, 6) is 0. The molecule has 0 aromatic carbocycles. The fraction of sp³-hybridized carbons (Fsp3) is 0. The second-order valence-corrected chi connectivity index (χ2v) is 1.41. The van der Waals surface area contributed by atoms with Gasteiger partial charge in [0.2, 0.25) is 0 Å². The van der Waals surface area contributed by atoms with Crippen LogP contribution in [0.2, 0.25) is 0 Å². The molecule has 0 aliphatic rings. The molecule has 46 valence electrons. The largest absolute Gasteiger partial charge is 2.00 e. The van der Waals surface area contributed by atoms with Crippen molar-refractivity contribution in [3.05, 3.63) is 0 Å². The summed E-state index contributed by atoms with van der Waals surface area (Å²) >= 11 is 0. The van der Waals surface area contributed by atoms with Crippen LogP contribution in [-0.2, 0) is 21.6 Å². The summed E-state index contributed by atoms with van der Waals surface area (Å²) in [5, 5.41) is 0. The van der Waals surface area contributed by atoms with Crippen molar-refractivity contribution in [3.63, 3.8) is 0 Å². The maximum atomic E-state index is 8.66. The van der Waals surface area contributed by atoms with Crippen molar-refractivity contribution < 1.29 is 93.2 Å². The first-order chi connectivity index (χ1) is 2.00. The van der Waals surface area contributed by atoms with Crippen molar-refractivity contribution in [1.29, 1.82) is 0 Å². The fourth-order valence-electron chi connectivity index (χ4n) is 0. The number of phosphoric acid groups is 1. The third-order valence-electron chi connectivity index (χ3n) is 0. The van der Waals surface area contributed by atoms with Gasteiger partial charge in [0.1, 0.15) is 0 Å². The van der Waals surface area contributed by atoms with Crippen LogP contribution in [0.5, 0.6) is 0 Å². The van der Waals surface area contributed by atoms with Gasteiger partial charge < -0.3 is 24.7 Å². The molecular weight excluding hydrogens is 206 g/mol. The van der Waals surface area contributed by atoms with E-state index in [1.807, 2.05) is 0 Å². The van der Waals surface area contributed by atoms with Gasteiger partial charge in [-0.05, 0) is 0 Å². The third kappa shape index (κ3) is 86.7. The topological polar surface area (TPSA) is 113 Å². The molecule has 0 saturated heterocycles. The molecule has 0 bridgehead atoms. The summed E-state index contributed by atoms with van der Waals surface area (Å²) in [7, 11) is -5.14.